The van der Waals surface area contributed by atoms with Gasteiger partial charge in [-0.3, -0.25) is 9.88 Å². The highest BCUT2D eigenvalue weighted by atomic mass is 16.5. The van der Waals surface area contributed by atoms with Crippen molar-refractivity contribution in [1.29, 1.82) is 0 Å². The fraction of sp³-hybridized carbons (Fsp3) is 0.429. The number of hydrogen-bond acceptors (Lipinski definition) is 5. The van der Waals surface area contributed by atoms with Gasteiger partial charge in [-0.25, -0.2) is 4.79 Å². The van der Waals surface area contributed by atoms with Gasteiger partial charge >= 0.3 is 5.97 Å². The molecule has 3 rings (SSSR count). The average molecular weight is 369 g/mol. The molecule has 144 valence electrons. The van der Waals surface area contributed by atoms with Gasteiger partial charge in [0.15, 0.2) is 6.61 Å². The minimum atomic E-state index is -0.970. The van der Waals surface area contributed by atoms with E-state index in [1.54, 1.807) is 6.20 Å². The molecule has 0 radical (unpaired) electrons. The van der Waals surface area contributed by atoms with Crippen molar-refractivity contribution in [2.24, 2.45) is 0 Å². The van der Waals surface area contributed by atoms with Crippen molar-refractivity contribution in [3.8, 4) is 16.9 Å². The average Bonchev–Trinajstić information content (AvgIpc) is 2.81. The van der Waals surface area contributed by atoms with E-state index in [1.807, 2.05) is 30.5 Å². The number of rotatable bonds is 6. The highest BCUT2D eigenvalue weighted by Gasteiger charge is 2.21. The van der Waals surface area contributed by atoms with Gasteiger partial charge in [-0.15, -0.1) is 0 Å². The summed E-state index contributed by atoms with van der Waals surface area (Å²) in [5.74, 6) is -0.336. The minimum Gasteiger partial charge on any atom is -0.482 e. The molecule has 1 saturated heterocycles. The first-order valence-corrected chi connectivity index (χ1v) is 9.33. The lowest BCUT2D eigenvalue weighted by atomic mass is 10.0. The van der Waals surface area contributed by atoms with Crippen LogP contribution in [0.25, 0.3) is 11.1 Å². The number of carboxylic acids is 1. The molecule has 1 aliphatic rings. The van der Waals surface area contributed by atoms with Crippen LogP contribution in [0.4, 0.5) is 0 Å². The smallest absolute Gasteiger partial charge is 0.341 e. The Morgan fingerprint density at radius 3 is 2.89 bits per heavy atom. The number of hydrogen-bond donors (Lipinski definition) is 1. The molecule has 2 heterocycles. The molecule has 1 unspecified atom stereocenters. The molecule has 2 aromatic rings. The monoisotopic (exact) mass is 369 g/mol. The van der Waals surface area contributed by atoms with Gasteiger partial charge in [0.1, 0.15) is 5.75 Å². The van der Waals surface area contributed by atoms with Crippen LogP contribution >= 0.6 is 0 Å². The molecular formula is C21H27N3O3. The Labute approximate surface area is 160 Å². The highest BCUT2D eigenvalue weighted by Crippen LogP contribution is 2.28. The van der Waals surface area contributed by atoms with Crippen LogP contribution in [0.15, 0.2) is 42.7 Å². The summed E-state index contributed by atoms with van der Waals surface area (Å²) in [6.07, 6.45) is 4.71. The van der Waals surface area contributed by atoms with Crippen molar-refractivity contribution in [3.05, 3.63) is 48.3 Å². The van der Waals surface area contributed by atoms with Crippen molar-refractivity contribution in [2.45, 2.75) is 25.9 Å². The SMILES string of the molecule is CC1CN(C)CCCN1Cc1cc(-c2cccnc2)ccc1OCC(=O)O. The van der Waals surface area contributed by atoms with Crippen LogP contribution in [0.2, 0.25) is 0 Å². The number of aliphatic carboxylic acids is 1. The fourth-order valence-electron chi connectivity index (χ4n) is 3.57. The van der Waals surface area contributed by atoms with Crippen LogP contribution in [0.1, 0.15) is 18.9 Å². The summed E-state index contributed by atoms with van der Waals surface area (Å²) in [6.45, 7) is 5.77. The van der Waals surface area contributed by atoms with Gasteiger partial charge in [0, 0.05) is 49.2 Å². The summed E-state index contributed by atoms with van der Waals surface area (Å²) < 4.78 is 5.57. The second kappa shape index (κ2) is 8.97. The highest BCUT2D eigenvalue weighted by molar-refractivity contribution is 5.69. The zero-order valence-electron chi connectivity index (χ0n) is 16.0. The van der Waals surface area contributed by atoms with E-state index in [4.69, 9.17) is 9.84 Å². The molecule has 0 bridgehead atoms. The van der Waals surface area contributed by atoms with Crippen LogP contribution in [0.5, 0.6) is 5.75 Å². The first kappa shape index (κ1) is 19.3. The van der Waals surface area contributed by atoms with Crippen LogP contribution in [-0.4, -0.2) is 65.2 Å². The zero-order valence-corrected chi connectivity index (χ0v) is 16.0. The first-order chi connectivity index (χ1) is 13.0. The molecule has 1 N–H and O–H groups in total. The van der Waals surface area contributed by atoms with E-state index < -0.39 is 5.97 Å². The minimum absolute atomic E-state index is 0.336. The van der Waals surface area contributed by atoms with Crippen molar-refractivity contribution in [2.75, 3.05) is 33.3 Å². The molecule has 1 atom stereocenters. The van der Waals surface area contributed by atoms with Gasteiger partial charge in [-0.05, 0) is 50.7 Å². The Hall–Kier alpha value is -2.44. The van der Waals surface area contributed by atoms with E-state index in [1.165, 1.54) is 0 Å². The molecular weight excluding hydrogens is 342 g/mol. The van der Waals surface area contributed by atoms with E-state index in [9.17, 15) is 4.79 Å². The Bertz CT molecular complexity index is 767. The molecule has 0 spiro atoms. The van der Waals surface area contributed by atoms with Crippen LogP contribution in [0, 0.1) is 0 Å². The van der Waals surface area contributed by atoms with Gasteiger partial charge in [0.25, 0.3) is 0 Å². The van der Waals surface area contributed by atoms with Crippen LogP contribution in [-0.2, 0) is 11.3 Å². The number of carboxylic acid groups (broad SMARTS) is 1. The summed E-state index contributed by atoms with van der Waals surface area (Å²) in [7, 11) is 2.16. The maximum atomic E-state index is 10.9. The Morgan fingerprint density at radius 1 is 1.30 bits per heavy atom. The van der Waals surface area contributed by atoms with E-state index in [2.05, 4.69) is 34.8 Å². The van der Waals surface area contributed by atoms with Crippen molar-refractivity contribution in [3.63, 3.8) is 0 Å². The predicted octanol–water partition coefficient (Wildman–Crippen LogP) is 2.74. The lowest BCUT2D eigenvalue weighted by molar-refractivity contribution is -0.139. The Balaban J connectivity index is 1.87. The largest absolute Gasteiger partial charge is 0.482 e. The normalized spacial score (nSPS) is 18.8. The molecule has 0 saturated carbocycles. The molecule has 0 aliphatic carbocycles. The molecule has 1 aliphatic heterocycles. The number of benzene rings is 1. The summed E-state index contributed by atoms with van der Waals surface area (Å²) in [4.78, 5) is 19.9. The van der Waals surface area contributed by atoms with E-state index in [-0.39, 0.29) is 6.61 Å². The van der Waals surface area contributed by atoms with Crippen molar-refractivity contribution >= 4 is 5.97 Å². The molecule has 6 heteroatoms. The lowest BCUT2D eigenvalue weighted by Gasteiger charge is -2.28. The predicted molar refractivity (Wildman–Crippen MR) is 105 cm³/mol. The number of pyridine rings is 1. The fourth-order valence-corrected chi connectivity index (χ4v) is 3.57. The van der Waals surface area contributed by atoms with Crippen molar-refractivity contribution in [1.82, 2.24) is 14.8 Å². The van der Waals surface area contributed by atoms with E-state index in [0.29, 0.717) is 11.8 Å². The van der Waals surface area contributed by atoms with Gasteiger partial charge in [0.05, 0.1) is 0 Å². The molecule has 1 aromatic carbocycles. The molecule has 0 amide bonds. The number of nitrogens with zero attached hydrogens (tertiary/aromatic N) is 3. The van der Waals surface area contributed by atoms with Crippen molar-refractivity contribution < 1.29 is 14.6 Å². The number of likely N-dealkylation sites (N-methyl/N-ethyl adjacent to an activating group) is 1. The third-order valence-corrected chi connectivity index (χ3v) is 4.96. The molecule has 6 nitrogen and oxygen atoms in total. The lowest BCUT2D eigenvalue weighted by Crippen LogP contribution is -2.37. The summed E-state index contributed by atoms with van der Waals surface area (Å²) in [6, 6.07) is 10.3. The topological polar surface area (TPSA) is 65.9 Å². The van der Waals surface area contributed by atoms with Crippen LogP contribution < -0.4 is 4.74 Å². The maximum Gasteiger partial charge on any atom is 0.341 e. The second-order valence-corrected chi connectivity index (χ2v) is 7.18. The third-order valence-electron chi connectivity index (χ3n) is 4.96. The van der Waals surface area contributed by atoms with E-state index in [0.717, 1.165) is 49.3 Å². The van der Waals surface area contributed by atoms with Gasteiger partial charge in [-0.2, -0.15) is 0 Å². The molecule has 1 fully saturated rings. The summed E-state index contributed by atoms with van der Waals surface area (Å²) in [5.41, 5.74) is 3.10. The van der Waals surface area contributed by atoms with Gasteiger partial charge in [0.2, 0.25) is 0 Å². The Morgan fingerprint density at radius 2 is 2.15 bits per heavy atom. The second-order valence-electron chi connectivity index (χ2n) is 7.18. The third kappa shape index (κ3) is 5.28. The summed E-state index contributed by atoms with van der Waals surface area (Å²) >= 11 is 0. The number of aromatic nitrogens is 1. The number of ether oxygens (including phenoxy) is 1. The number of carbonyl (C=O) groups is 1. The first-order valence-electron chi connectivity index (χ1n) is 9.33. The van der Waals surface area contributed by atoms with Gasteiger partial charge < -0.3 is 14.7 Å². The van der Waals surface area contributed by atoms with Gasteiger partial charge in [-0.1, -0.05) is 12.1 Å². The molecule has 27 heavy (non-hydrogen) atoms. The maximum absolute atomic E-state index is 10.9. The quantitative estimate of drug-likeness (QED) is 0.845. The Kier molecular flexibility index (Phi) is 6.42. The standard InChI is InChI=1S/C21H27N3O3/c1-16-13-23(2)9-4-10-24(16)14-19-11-17(18-5-3-8-22-12-18)6-7-20(19)27-15-21(25)26/h3,5-8,11-12,16H,4,9-10,13-15H2,1-2H3,(H,25,26). The van der Waals surface area contributed by atoms with E-state index >= 15 is 0 Å². The molecule has 1 aromatic heterocycles. The zero-order chi connectivity index (χ0) is 19.2. The summed E-state index contributed by atoms with van der Waals surface area (Å²) in [5, 5.41) is 8.98. The van der Waals surface area contributed by atoms with Crippen LogP contribution in [0.3, 0.4) is 0 Å².